The minimum Gasteiger partial charge on any atom is -0.373 e. The maximum absolute atomic E-state index is 12.4. The van der Waals surface area contributed by atoms with Crippen LogP contribution in [0.5, 0.6) is 0 Å². The van der Waals surface area contributed by atoms with Crippen LogP contribution in [0.4, 0.5) is 5.69 Å². The van der Waals surface area contributed by atoms with Crippen LogP contribution in [0.2, 0.25) is 5.02 Å². The lowest BCUT2D eigenvalue weighted by Gasteiger charge is -2.25. The summed E-state index contributed by atoms with van der Waals surface area (Å²) in [6.45, 7) is 0.590. The molecule has 1 aliphatic heterocycles. The van der Waals surface area contributed by atoms with Gasteiger partial charge in [-0.2, -0.15) is 0 Å². The fourth-order valence-electron chi connectivity index (χ4n) is 2.79. The highest BCUT2D eigenvalue weighted by molar-refractivity contribution is 6.33. The Morgan fingerprint density at radius 3 is 2.83 bits per heavy atom. The average Bonchev–Trinajstić information content (AvgIpc) is 2.57. The zero-order valence-corrected chi connectivity index (χ0v) is 13.7. The summed E-state index contributed by atoms with van der Waals surface area (Å²) >= 11 is 6.07. The van der Waals surface area contributed by atoms with Gasteiger partial charge in [0.25, 0.3) is 0 Å². The van der Waals surface area contributed by atoms with E-state index in [1.807, 2.05) is 18.2 Å². The van der Waals surface area contributed by atoms with E-state index in [9.17, 15) is 9.59 Å². The highest BCUT2D eigenvalue weighted by Gasteiger charge is 2.23. The summed E-state index contributed by atoms with van der Waals surface area (Å²) in [6, 6.07) is 12.5. The number of nitrogens with one attached hydrogen (secondary N) is 1. The first-order valence-electron chi connectivity index (χ1n) is 7.63. The highest BCUT2D eigenvalue weighted by Crippen LogP contribution is 2.30. The molecule has 2 amide bonds. The lowest BCUT2D eigenvalue weighted by atomic mass is 9.95. The van der Waals surface area contributed by atoms with Crippen molar-refractivity contribution >= 4 is 29.1 Å². The van der Waals surface area contributed by atoms with Crippen LogP contribution in [0.25, 0.3) is 0 Å². The number of hydrogen-bond acceptors (Lipinski definition) is 3. The molecule has 5 nitrogen and oxygen atoms in total. The third-order valence-corrected chi connectivity index (χ3v) is 4.32. The van der Waals surface area contributed by atoms with Crippen molar-refractivity contribution in [2.45, 2.75) is 18.9 Å². The number of benzene rings is 2. The second kappa shape index (κ2) is 7.03. The van der Waals surface area contributed by atoms with Crippen molar-refractivity contribution in [2.75, 3.05) is 11.9 Å². The van der Waals surface area contributed by atoms with Crippen molar-refractivity contribution < 1.29 is 14.3 Å². The minimum atomic E-state index is -0.577. The molecule has 0 unspecified atom stereocenters. The second-order valence-electron chi connectivity index (χ2n) is 5.62. The summed E-state index contributed by atoms with van der Waals surface area (Å²) in [6.07, 6.45) is 0.739. The molecule has 24 heavy (non-hydrogen) atoms. The topological polar surface area (TPSA) is 81.4 Å². The Balaban J connectivity index is 1.73. The molecule has 3 rings (SSSR count). The lowest BCUT2D eigenvalue weighted by Crippen LogP contribution is -2.22. The largest absolute Gasteiger partial charge is 0.373 e. The van der Waals surface area contributed by atoms with Crippen LogP contribution in [0.1, 0.15) is 34.0 Å². The van der Waals surface area contributed by atoms with Crippen LogP contribution in [0.3, 0.4) is 0 Å². The number of anilines is 1. The molecule has 0 spiro atoms. The number of primary amides is 1. The van der Waals surface area contributed by atoms with Gasteiger partial charge < -0.3 is 15.8 Å². The molecular formula is C18H17ClN2O3. The van der Waals surface area contributed by atoms with Crippen LogP contribution in [0, 0.1) is 0 Å². The van der Waals surface area contributed by atoms with Crippen LogP contribution >= 0.6 is 11.6 Å². The third kappa shape index (κ3) is 3.58. The minimum absolute atomic E-state index is 0.175. The highest BCUT2D eigenvalue weighted by atomic mass is 35.5. The van der Waals surface area contributed by atoms with Crippen molar-refractivity contribution in [3.05, 3.63) is 64.2 Å². The summed E-state index contributed by atoms with van der Waals surface area (Å²) in [7, 11) is 0. The van der Waals surface area contributed by atoms with Crippen molar-refractivity contribution in [3.63, 3.8) is 0 Å². The molecular weight excluding hydrogens is 328 g/mol. The van der Waals surface area contributed by atoms with Crippen LogP contribution < -0.4 is 11.1 Å². The summed E-state index contributed by atoms with van der Waals surface area (Å²) in [5.41, 5.74) is 8.14. The summed E-state index contributed by atoms with van der Waals surface area (Å²) < 4.78 is 5.74. The zero-order chi connectivity index (χ0) is 17.1. The molecule has 2 aromatic carbocycles. The quantitative estimate of drug-likeness (QED) is 0.894. The number of ether oxygens (including phenoxy) is 1. The van der Waals surface area contributed by atoms with E-state index >= 15 is 0 Å². The molecule has 6 heteroatoms. The fraction of sp³-hybridized carbons (Fsp3) is 0.222. The third-order valence-electron chi connectivity index (χ3n) is 3.99. The Morgan fingerprint density at radius 2 is 2.04 bits per heavy atom. The zero-order valence-electron chi connectivity index (χ0n) is 12.9. The number of amides is 2. The van der Waals surface area contributed by atoms with Gasteiger partial charge in [0.2, 0.25) is 11.8 Å². The van der Waals surface area contributed by atoms with E-state index in [0.717, 1.165) is 12.0 Å². The molecule has 0 aromatic heterocycles. The maximum Gasteiger partial charge on any atom is 0.248 e. The molecule has 3 N–H and O–H groups in total. The smallest absolute Gasteiger partial charge is 0.248 e. The number of fused-ring (bicyclic) bond motifs is 1. The van der Waals surface area contributed by atoms with Crippen LogP contribution in [-0.4, -0.2) is 18.4 Å². The maximum atomic E-state index is 12.4. The Kier molecular flexibility index (Phi) is 4.83. The van der Waals surface area contributed by atoms with Gasteiger partial charge in [-0.25, -0.2) is 0 Å². The van der Waals surface area contributed by atoms with Gasteiger partial charge in [-0.3, -0.25) is 9.59 Å². The number of halogens is 1. The summed E-state index contributed by atoms with van der Waals surface area (Å²) in [5.74, 6) is -0.813. The average molecular weight is 345 g/mol. The van der Waals surface area contributed by atoms with Gasteiger partial charge in [0.1, 0.15) is 0 Å². The van der Waals surface area contributed by atoms with Gasteiger partial charge >= 0.3 is 0 Å². The van der Waals surface area contributed by atoms with Gasteiger partial charge in [0.05, 0.1) is 29.8 Å². The predicted octanol–water partition coefficient (Wildman–Crippen LogP) is 3.08. The number of carbonyl (C=O) groups is 2. The van der Waals surface area contributed by atoms with Crippen molar-refractivity contribution in [3.8, 4) is 0 Å². The Bertz CT molecular complexity index is 792. The number of hydrogen-bond donors (Lipinski definition) is 2. The number of rotatable bonds is 4. The molecule has 0 saturated carbocycles. The molecule has 0 fully saturated rings. The van der Waals surface area contributed by atoms with Crippen molar-refractivity contribution in [1.82, 2.24) is 0 Å². The van der Waals surface area contributed by atoms with E-state index < -0.39 is 5.91 Å². The van der Waals surface area contributed by atoms with Gasteiger partial charge in [0.15, 0.2) is 0 Å². The summed E-state index contributed by atoms with van der Waals surface area (Å²) in [4.78, 5) is 23.6. The molecule has 2 aromatic rings. The molecule has 124 valence electrons. The van der Waals surface area contributed by atoms with Crippen molar-refractivity contribution in [2.24, 2.45) is 5.73 Å². The van der Waals surface area contributed by atoms with Gasteiger partial charge in [-0.1, -0.05) is 35.9 Å². The van der Waals surface area contributed by atoms with E-state index in [2.05, 4.69) is 11.4 Å². The number of carbonyl (C=O) groups excluding carboxylic acids is 2. The first-order valence-corrected chi connectivity index (χ1v) is 8.01. The molecule has 1 heterocycles. The lowest BCUT2D eigenvalue weighted by molar-refractivity contribution is -0.119. The molecule has 0 saturated heterocycles. The Morgan fingerprint density at radius 1 is 1.25 bits per heavy atom. The molecule has 0 radical (unpaired) electrons. The van der Waals surface area contributed by atoms with E-state index in [1.165, 1.54) is 23.8 Å². The van der Waals surface area contributed by atoms with E-state index in [-0.39, 0.29) is 24.0 Å². The molecule has 0 bridgehead atoms. The predicted molar refractivity (Wildman–Crippen MR) is 92.1 cm³/mol. The standard InChI is InChI=1S/C18H17ClN2O3/c19-14-6-5-12(18(20)23)9-15(14)21-17(22)10-16-13-4-2-1-3-11(13)7-8-24-16/h1-6,9,16H,7-8,10H2,(H2,20,23)(H,21,22)/t16-/m1/s1. The second-order valence-corrected chi connectivity index (χ2v) is 6.03. The van der Waals surface area contributed by atoms with Crippen LogP contribution in [-0.2, 0) is 16.0 Å². The first-order chi connectivity index (χ1) is 11.5. The fourth-order valence-corrected chi connectivity index (χ4v) is 2.95. The Labute approximate surface area is 144 Å². The first kappa shape index (κ1) is 16.5. The van der Waals surface area contributed by atoms with Gasteiger partial charge in [0, 0.05) is 5.56 Å². The van der Waals surface area contributed by atoms with E-state index in [0.29, 0.717) is 17.3 Å². The van der Waals surface area contributed by atoms with Crippen LogP contribution in [0.15, 0.2) is 42.5 Å². The summed E-state index contributed by atoms with van der Waals surface area (Å²) in [5, 5.41) is 3.07. The SMILES string of the molecule is NC(=O)c1ccc(Cl)c(NC(=O)C[C@H]2OCCc3ccccc32)c1. The molecule has 1 aliphatic rings. The van der Waals surface area contributed by atoms with Gasteiger partial charge in [-0.05, 0) is 35.7 Å². The normalized spacial score (nSPS) is 16.3. The van der Waals surface area contributed by atoms with E-state index in [4.69, 9.17) is 22.1 Å². The Hall–Kier alpha value is -2.37. The van der Waals surface area contributed by atoms with Crippen molar-refractivity contribution in [1.29, 1.82) is 0 Å². The molecule has 0 aliphatic carbocycles. The monoisotopic (exact) mass is 344 g/mol. The van der Waals surface area contributed by atoms with E-state index in [1.54, 1.807) is 0 Å². The van der Waals surface area contributed by atoms with Gasteiger partial charge in [-0.15, -0.1) is 0 Å². The molecule has 1 atom stereocenters. The number of nitrogens with two attached hydrogens (primary N) is 1.